The lowest BCUT2D eigenvalue weighted by atomic mass is 10.0. The molecule has 0 aromatic rings. The van der Waals surface area contributed by atoms with Crippen LogP contribution in [0.3, 0.4) is 0 Å². The molecular formula is C9H18O3S. The third-order valence-corrected chi connectivity index (χ3v) is 3.57. The molecule has 1 aliphatic rings. The molecule has 1 aliphatic carbocycles. The van der Waals surface area contributed by atoms with E-state index in [1.165, 1.54) is 19.1 Å². The van der Waals surface area contributed by atoms with Gasteiger partial charge in [0, 0.05) is 6.26 Å². The Morgan fingerprint density at radius 2 is 1.92 bits per heavy atom. The van der Waals surface area contributed by atoms with E-state index < -0.39 is 15.9 Å². The standard InChI is InChI=1S/C9H18O3S/c1-13(11,12)7-9(10)6-8-4-2-3-5-8/h8-10H,2-7H2,1H3. The lowest BCUT2D eigenvalue weighted by Gasteiger charge is -2.13. The predicted molar refractivity (Wildman–Crippen MR) is 52.3 cm³/mol. The molecule has 0 amide bonds. The third-order valence-electron chi connectivity index (χ3n) is 2.58. The molecule has 0 aromatic carbocycles. The summed E-state index contributed by atoms with van der Waals surface area (Å²) in [5, 5.41) is 9.47. The third kappa shape index (κ3) is 4.62. The first-order valence-corrected chi connectivity index (χ1v) is 6.89. The van der Waals surface area contributed by atoms with Crippen LogP contribution in [0.5, 0.6) is 0 Å². The fraction of sp³-hybridized carbons (Fsp3) is 1.00. The number of sulfone groups is 1. The normalized spacial score (nSPS) is 22.0. The van der Waals surface area contributed by atoms with Crippen molar-refractivity contribution in [1.29, 1.82) is 0 Å². The van der Waals surface area contributed by atoms with Gasteiger partial charge in [-0.05, 0) is 12.3 Å². The fourth-order valence-electron chi connectivity index (χ4n) is 2.05. The van der Waals surface area contributed by atoms with Crippen molar-refractivity contribution < 1.29 is 13.5 Å². The first kappa shape index (κ1) is 11.0. The highest BCUT2D eigenvalue weighted by molar-refractivity contribution is 7.90. The summed E-state index contributed by atoms with van der Waals surface area (Å²) in [4.78, 5) is 0. The van der Waals surface area contributed by atoms with Crippen LogP contribution < -0.4 is 0 Å². The Hall–Kier alpha value is -0.0900. The van der Waals surface area contributed by atoms with E-state index in [0.717, 1.165) is 12.8 Å². The van der Waals surface area contributed by atoms with Crippen LogP contribution in [0.1, 0.15) is 32.1 Å². The van der Waals surface area contributed by atoms with Gasteiger partial charge in [-0.3, -0.25) is 0 Å². The molecule has 0 heterocycles. The largest absolute Gasteiger partial charge is 0.392 e. The molecule has 1 atom stereocenters. The van der Waals surface area contributed by atoms with Gasteiger partial charge in [-0.25, -0.2) is 8.42 Å². The molecular weight excluding hydrogens is 188 g/mol. The monoisotopic (exact) mass is 206 g/mol. The zero-order valence-electron chi connectivity index (χ0n) is 8.07. The minimum absolute atomic E-state index is 0.0799. The zero-order valence-corrected chi connectivity index (χ0v) is 8.89. The van der Waals surface area contributed by atoms with E-state index in [1.54, 1.807) is 0 Å². The van der Waals surface area contributed by atoms with Crippen LogP contribution in [0.4, 0.5) is 0 Å². The van der Waals surface area contributed by atoms with E-state index in [9.17, 15) is 13.5 Å². The van der Waals surface area contributed by atoms with Crippen molar-refractivity contribution in [1.82, 2.24) is 0 Å². The first-order valence-electron chi connectivity index (χ1n) is 4.83. The molecule has 1 saturated carbocycles. The second-order valence-electron chi connectivity index (χ2n) is 4.13. The Morgan fingerprint density at radius 3 is 2.38 bits per heavy atom. The number of rotatable bonds is 4. The molecule has 0 bridgehead atoms. The molecule has 0 radical (unpaired) electrons. The highest BCUT2D eigenvalue weighted by atomic mass is 32.2. The highest BCUT2D eigenvalue weighted by Crippen LogP contribution is 2.28. The topological polar surface area (TPSA) is 54.4 Å². The molecule has 3 nitrogen and oxygen atoms in total. The summed E-state index contributed by atoms with van der Waals surface area (Å²) in [7, 11) is -3.02. The molecule has 1 rings (SSSR count). The van der Waals surface area contributed by atoms with Crippen molar-refractivity contribution in [3.8, 4) is 0 Å². The summed E-state index contributed by atoms with van der Waals surface area (Å²) in [6.07, 6.45) is 5.95. The van der Waals surface area contributed by atoms with Gasteiger partial charge >= 0.3 is 0 Å². The SMILES string of the molecule is CS(=O)(=O)CC(O)CC1CCCC1. The Morgan fingerprint density at radius 1 is 1.38 bits per heavy atom. The number of hydrogen-bond donors (Lipinski definition) is 1. The van der Waals surface area contributed by atoms with E-state index in [2.05, 4.69) is 0 Å². The fourth-order valence-corrected chi connectivity index (χ4v) is 2.88. The minimum atomic E-state index is -3.02. The van der Waals surface area contributed by atoms with Gasteiger partial charge in [0.1, 0.15) is 9.84 Å². The van der Waals surface area contributed by atoms with Gasteiger partial charge in [0.15, 0.2) is 0 Å². The molecule has 1 unspecified atom stereocenters. The van der Waals surface area contributed by atoms with Crippen LogP contribution in [-0.4, -0.2) is 31.6 Å². The molecule has 78 valence electrons. The predicted octanol–water partition coefficient (Wildman–Crippen LogP) is 0.972. The maximum atomic E-state index is 10.9. The van der Waals surface area contributed by atoms with E-state index in [0.29, 0.717) is 12.3 Å². The van der Waals surface area contributed by atoms with E-state index in [1.807, 2.05) is 0 Å². The van der Waals surface area contributed by atoms with Crippen LogP contribution in [-0.2, 0) is 9.84 Å². The Balaban J connectivity index is 2.28. The number of hydrogen-bond acceptors (Lipinski definition) is 3. The van der Waals surface area contributed by atoms with Crippen molar-refractivity contribution in [2.75, 3.05) is 12.0 Å². The summed E-state index contributed by atoms with van der Waals surface area (Å²) >= 11 is 0. The van der Waals surface area contributed by atoms with Gasteiger partial charge < -0.3 is 5.11 Å². The maximum Gasteiger partial charge on any atom is 0.149 e. The Kier molecular flexibility index (Phi) is 3.74. The molecule has 0 aliphatic heterocycles. The van der Waals surface area contributed by atoms with Crippen LogP contribution in [0.25, 0.3) is 0 Å². The Bertz CT molecular complexity index is 240. The van der Waals surface area contributed by atoms with E-state index in [4.69, 9.17) is 0 Å². The van der Waals surface area contributed by atoms with Gasteiger partial charge in [0.25, 0.3) is 0 Å². The van der Waals surface area contributed by atoms with Gasteiger partial charge in [-0.2, -0.15) is 0 Å². The van der Waals surface area contributed by atoms with Gasteiger partial charge in [0.2, 0.25) is 0 Å². The lowest BCUT2D eigenvalue weighted by molar-refractivity contribution is 0.164. The minimum Gasteiger partial charge on any atom is -0.392 e. The van der Waals surface area contributed by atoms with Crippen molar-refractivity contribution in [2.45, 2.75) is 38.2 Å². The smallest absolute Gasteiger partial charge is 0.149 e. The van der Waals surface area contributed by atoms with E-state index in [-0.39, 0.29) is 5.75 Å². The lowest BCUT2D eigenvalue weighted by Crippen LogP contribution is -2.22. The van der Waals surface area contributed by atoms with Crippen molar-refractivity contribution in [3.05, 3.63) is 0 Å². The average Bonchev–Trinajstić information content (AvgIpc) is 2.34. The quantitative estimate of drug-likeness (QED) is 0.745. The van der Waals surface area contributed by atoms with Crippen LogP contribution in [0.2, 0.25) is 0 Å². The molecule has 0 spiro atoms. The van der Waals surface area contributed by atoms with Crippen LogP contribution in [0.15, 0.2) is 0 Å². The van der Waals surface area contributed by atoms with Crippen molar-refractivity contribution in [2.24, 2.45) is 5.92 Å². The van der Waals surface area contributed by atoms with Crippen LogP contribution in [0, 0.1) is 5.92 Å². The molecule has 4 heteroatoms. The number of aliphatic hydroxyl groups excluding tert-OH is 1. The molecule has 1 fully saturated rings. The van der Waals surface area contributed by atoms with Crippen molar-refractivity contribution in [3.63, 3.8) is 0 Å². The van der Waals surface area contributed by atoms with Crippen molar-refractivity contribution >= 4 is 9.84 Å². The number of aliphatic hydroxyl groups is 1. The second-order valence-corrected chi connectivity index (χ2v) is 6.32. The summed E-state index contributed by atoms with van der Waals surface area (Å²) < 4.78 is 21.7. The Labute approximate surface area is 80.1 Å². The summed E-state index contributed by atoms with van der Waals surface area (Å²) in [6, 6.07) is 0. The molecule has 0 saturated heterocycles. The molecule has 0 aromatic heterocycles. The second kappa shape index (κ2) is 4.42. The highest BCUT2D eigenvalue weighted by Gasteiger charge is 2.20. The average molecular weight is 206 g/mol. The van der Waals surface area contributed by atoms with Crippen LogP contribution >= 0.6 is 0 Å². The summed E-state index contributed by atoms with van der Waals surface area (Å²) in [6.45, 7) is 0. The molecule has 13 heavy (non-hydrogen) atoms. The summed E-state index contributed by atoms with van der Waals surface area (Å²) in [5.74, 6) is 0.473. The first-order chi connectivity index (χ1) is 5.97. The van der Waals surface area contributed by atoms with E-state index >= 15 is 0 Å². The zero-order chi connectivity index (χ0) is 9.90. The van der Waals surface area contributed by atoms with Gasteiger partial charge in [-0.15, -0.1) is 0 Å². The van der Waals surface area contributed by atoms with Gasteiger partial charge in [-0.1, -0.05) is 25.7 Å². The summed E-state index contributed by atoms with van der Waals surface area (Å²) in [5.41, 5.74) is 0. The molecule has 1 N–H and O–H groups in total. The van der Waals surface area contributed by atoms with Gasteiger partial charge in [0.05, 0.1) is 11.9 Å². The maximum absolute atomic E-state index is 10.9.